The van der Waals surface area contributed by atoms with Gasteiger partial charge in [0.15, 0.2) is 0 Å². The Labute approximate surface area is 260 Å². The molecule has 1 atom stereocenters. The van der Waals surface area contributed by atoms with E-state index in [2.05, 4.69) is 25.6 Å². The van der Waals surface area contributed by atoms with Gasteiger partial charge in [-0.05, 0) is 13.5 Å². The Bertz CT molecular complexity index is 1640. The Kier molecular flexibility index (Phi) is 9.72. The third kappa shape index (κ3) is 6.42. The number of nitrogens with one attached hydrogen (secondary N) is 2. The van der Waals surface area contributed by atoms with Crippen molar-refractivity contribution in [2.45, 2.75) is 19.5 Å². The fraction of sp³-hybridized carbons (Fsp3) is 0.323. The van der Waals surface area contributed by atoms with Crippen LogP contribution in [0.15, 0.2) is 48.8 Å². The minimum absolute atomic E-state index is 0.0260. The first-order chi connectivity index (χ1) is 20.9. The van der Waals surface area contributed by atoms with Gasteiger partial charge >= 0.3 is 0 Å². The predicted octanol–water partition coefficient (Wildman–Crippen LogP) is 4.88. The second kappa shape index (κ2) is 13.6. The number of rotatable bonds is 11. The molecule has 2 N–H and O–H groups in total. The number of halogens is 2. The molecule has 0 spiro atoms. The molecule has 1 aliphatic rings. The Hall–Kier alpha value is -3.83. The van der Waals surface area contributed by atoms with Crippen LogP contribution in [0.5, 0.6) is 11.8 Å². The number of carbonyl (C=O) groups is 1. The van der Waals surface area contributed by atoms with Gasteiger partial charge in [0.25, 0.3) is 0 Å². The molecule has 2 aromatic carbocycles. The number of nitrogens with zero attached hydrogens (tertiary/aromatic N) is 5. The van der Waals surface area contributed by atoms with E-state index in [1.54, 1.807) is 31.5 Å². The zero-order valence-electron chi connectivity index (χ0n) is 24.4. The lowest BCUT2D eigenvalue weighted by Crippen LogP contribution is -2.30. The lowest BCUT2D eigenvalue weighted by molar-refractivity contribution is -0.129. The van der Waals surface area contributed by atoms with Crippen LogP contribution in [0.4, 0.5) is 0 Å². The minimum atomic E-state index is -0.0260. The van der Waals surface area contributed by atoms with E-state index in [1.807, 2.05) is 50.5 Å². The van der Waals surface area contributed by atoms with Gasteiger partial charge in [-0.1, -0.05) is 59.6 Å². The maximum Gasteiger partial charge on any atom is 0.237 e. The molecule has 1 unspecified atom stereocenters. The molecule has 4 aromatic rings. The summed E-state index contributed by atoms with van der Waals surface area (Å²) in [4.78, 5) is 32.4. The fourth-order valence-corrected chi connectivity index (χ4v) is 5.76. The summed E-state index contributed by atoms with van der Waals surface area (Å²) in [5, 5.41) is 7.34. The van der Waals surface area contributed by atoms with Gasteiger partial charge in [0.1, 0.15) is 11.4 Å². The van der Waals surface area contributed by atoms with Crippen LogP contribution in [-0.4, -0.2) is 72.1 Å². The molecule has 0 saturated carbocycles. The molecule has 1 amide bonds. The molecule has 1 aliphatic heterocycles. The summed E-state index contributed by atoms with van der Waals surface area (Å²) in [6.07, 6.45) is 4.20. The molecule has 43 heavy (non-hydrogen) atoms. The van der Waals surface area contributed by atoms with E-state index in [1.165, 1.54) is 0 Å². The summed E-state index contributed by atoms with van der Waals surface area (Å²) in [6, 6.07) is 11.4. The normalized spacial score (nSPS) is 14.8. The molecular formula is C31H33Cl2N7O3. The first kappa shape index (κ1) is 30.6. The van der Waals surface area contributed by atoms with Gasteiger partial charge < -0.3 is 25.0 Å². The maximum atomic E-state index is 12.2. The fourth-order valence-electron chi connectivity index (χ4n) is 5.12. The SMILES string of the molecule is CNCc1ncc(-c2cccc(-c3cccc(-c4cnc(CNCC5CCN(C)C5=O)c(OC)n4)c3Cl)c2Cl)nc1OC. The molecule has 1 fully saturated rings. The predicted molar refractivity (Wildman–Crippen MR) is 167 cm³/mol. The van der Waals surface area contributed by atoms with Crippen LogP contribution in [0, 0.1) is 5.92 Å². The number of benzene rings is 2. The van der Waals surface area contributed by atoms with Gasteiger partial charge in [0, 0.05) is 55.5 Å². The summed E-state index contributed by atoms with van der Waals surface area (Å²) >= 11 is 14.0. The summed E-state index contributed by atoms with van der Waals surface area (Å²) in [5.41, 5.74) is 5.34. The quantitative estimate of drug-likeness (QED) is 0.242. The Balaban J connectivity index is 1.41. The highest BCUT2D eigenvalue weighted by atomic mass is 35.5. The Morgan fingerprint density at radius 2 is 1.37 bits per heavy atom. The smallest absolute Gasteiger partial charge is 0.237 e. The number of carbonyl (C=O) groups excluding carboxylic acids is 1. The number of hydrogen-bond donors (Lipinski definition) is 2. The molecule has 224 valence electrons. The largest absolute Gasteiger partial charge is 0.480 e. The monoisotopic (exact) mass is 621 g/mol. The summed E-state index contributed by atoms with van der Waals surface area (Å²) in [7, 11) is 6.78. The van der Waals surface area contributed by atoms with Crippen molar-refractivity contribution in [3.63, 3.8) is 0 Å². The van der Waals surface area contributed by atoms with Gasteiger partial charge in [-0.2, -0.15) is 0 Å². The highest BCUT2D eigenvalue weighted by Crippen LogP contribution is 2.42. The number of amides is 1. The molecule has 10 nitrogen and oxygen atoms in total. The van der Waals surface area contributed by atoms with Crippen molar-refractivity contribution in [1.82, 2.24) is 35.5 Å². The van der Waals surface area contributed by atoms with Crippen LogP contribution < -0.4 is 20.1 Å². The summed E-state index contributed by atoms with van der Waals surface area (Å²) in [5.74, 6) is 0.952. The van der Waals surface area contributed by atoms with Gasteiger partial charge in [-0.15, -0.1) is 0 Å². The lowest BCUT2D eigenvalue weighted by Gasteiger charge is -2.15. The number of hydrogen-bond acceptors (Lipinski definition) is 9. The van der Waals surface area contributed by atoms with Crippen molar-refractivity contribution in [2.24, 2.45) is 5.92 Å². The molecule has 3 heterocycles. The maximum absolute atomic E-state index is 12.2. The Morgan fingerprint density at radius 3 is 1.84 bits per heavy atom. The van der Waals surface area contributed by atoms with Crippen molar-refractivity contribution < 1.29 is 14.3 Å². The van der Waals surface area contributed by atoms with Crippen molar-refractivity contribution in [3.8, 4) is 45.4 Å². The second-order valence-electron chi connectivity index (χ2n) is 10.2. The first-order valence-corrected chi connectivity index (χ1v) is 14.6. The lowest BCUT2D eigenvalue weighted by atomic mass is 9.98. The minimum Gasteiger partial charge on any atom is -0.480 e. The van der Waals surface area contributed by atoms with Crippen LogP contribution >= 0.6 is 23.2 Å². The average molecular weight is 623 g/mol. The van der Waals surface area contributed by atoms with E-state index in [-0.39, 0.29) is 11.8 Å². The average Bonchev–Trinajstić information content (AvgIpc) is 3.34. The van der Waals surface area contributed by atoms with Crippen LogP contribution in [0.3, 0.4) is 0 Å². The molecule has 0 aliphatic carbocycles. The van der Waals surface area contributed by atoms with Crippen LogP contribution in [-0.2, 0) is 17.9 Å². The molecule has 5 rings (SSSR count). The van der Waals surface area contributed by atoms with Crippen molar-refractivity contribution in [1.29, 1.82) is 0 Å². The first-order valence-electron chi connectivity index (χ1n) is 13.8. The van der Waals surface area contributed by atoms with Gasteiger partial charge in [0.2, 0.25) is 17.7 Å². The zero-order chi connectivity index (χ0) is 30.5. The van der Waals surface area contributed by atoms with Gasteiger partial charge in [-0.25, -0.2) is 9.97 Å². The van der Waals surface area contributed by atoms with Gasteiger partial charge in [0.05, 0.1) is 54.0 Å². The van der Waals surface area contributed by atoms with E-state index < -0.39 is 0 Å². The summed E-state index contributed by atoms with van der Waals surface area (Å²) < 4.78 is 11.0. The molecule has 1 saturated heterocycles. The van der Waals surface area contributed by atoms with Crippen LogP contribution in [0.25, 0.3) is 33.6 Å². The topological polar surface area (TPSA) is 114 Å². The van der Waals surface area contributed by atoms with E-state index >= 15 is 0 Å². The van der Waals surface area contributed by atoms with Crippen LogP contribution in [0.1, 0.15) is 17.8 Å². The number of aromatic nitrogens is 4. The third-order valence-electron chi connectivity index (χ3n) is 7.42. The van der Waals surface area contributed by atoms with Crippen molar-refractivity contribution >= 4 is 29.1 Å². The number of ether oxygens (including phenoxy) is 2. The zero-order valence-corrected chi connectivity index (χ0v) is 26.0. The van der Waals surface area contributed by atoms with Crippen molar-refractivity contribution in [3.05, 3.63) is 70.2 Å². The summed E-state index contributed by atoms with van der Waals surface area (Å²) in [6.45, 7) is 2.30. The molecule has 0 bridgehead atoms. The molecular weight excluding hydrogens is 589 g/mol. The van der Waals surface area contributed by atoms with E-state index in [0.717, 1.165) is 24.1 Å². The second-order valence-corrected chi connectivity index (χ2v) is 10.9. The standard InChI is InChI=1S/C31H33Cl2N7O3/c1-34-14-25-29(42-3)38-23(16-36-25)21-9-5-7-19(27(21)32)20-8-6-10-22(28(20)33)24-17-37-26(30(39-24)43-4)15-35-13-18-11-12-40(2)31(18)41/h5-10,16-18,34-35H,11-15H2,1-4H3. The van der Waals surface area contributed by atoms with E-state index in [0.29, 0.717) is 75.3 Å². The molecule has 12 heteroatoms. The van der Waals surface area contributed by atoms with E-state index in [9.17, 15) is 4.79 Å². The molecule has 2 aromatic heterocycles. The Morgan fingerprint density at radius 1 is 0.860 bits per heavy atom. The molecule has 0 radical (unpaired) electrons. The number of likely N-dealkylation sites (tertiary alicyclic amines) is 1. The third-order valence-corrected chi connectivity index (χ3v) is 8.23. The van der Waals surface area contributed by atoms with E-state index in [4.69, 9.17) is 37.7 Å². The highest BCUT2D eigenvalue weighted by molar-refractivity contribution is 6.39. The van der Waals surface area contributed by atoms with Crippen LogP contribution in [0.2, 0.25) is 10.0 Å². The van der Waals surface area contributed by atoms with Crippen molar-refractivity contribution in [2.75, 3.05) is 41.4 Å². The number of methoxy groups -OCH3 is 2. The van der Waals surface area contributed by atoms with Gasteiger partial charge in [-0.3, -0.25) is 14.8 Å². The highest BCUT2D eigenvalue weighted by Gasteiger charge is 2.28.